The number of pyridine rings is 1. The molecule has 1 saturated heterocycles. The lowest BCUT2D eigenvalue weighted by Crippen LogP contribution is -2.48. The summed E-state index contributed by atoms with van der Waals surface area (Å²) in [6, 6.07) is 1.67. The maximum atomic E-state index is 12.8. The van der Waals surface area contributed by atoms with E-state index in [4.69, 9.17) is 0 Å². The van der Waals surface area contributed by atoms with E-state index in [1.54, 1.807) is 6.07 Å². The van der Waals surface area contributed by atoms with Crippen molar-refractivity contribution in [2.45, 2.75) is 40.2 Å². The van der Waals surface area contributed by atoms with Gasteiger partial charge in [0.15, 0.2) is 5.65 Å². The fourth-order valence-electron chi connectivity index (χ4n) is 3.13. The Balaban J connectivity index is 0.00000210. The third kappa shape index (κ3) is 5.38. The highest BCUT2D eigenvalue weighted by molar-refractivity contribution is 6.05. The summed E-state index contributed by atoms with van der Waals surface area (Å²) < 4.78 is 1.46. The number of nitrogens with zero attached hydrogens (tertiary/aromatic N) is 2. The van der Waals surface area contributed by atoms with Crippen molar-refractivity contribution in [3.63, 3.8) is 0 Å². The van der Waals surface area contributed by atoms with Crippen molar-refractivity contribution >= 4 is 41.8 Å². The van der Waals surface area contributed by atoms with Gasteiger partial charge < -0.3 is 10.6 Å². The second-order valence-corrected chi connectivity index (χ2v) is 7.95. The van der Waals surface area contributed by atoms with Crippen LogP contribution in [0.25, 0.3) is 11.0 Å². The van der Waals surface area contributed by atoms with Crippen LogP contribution in [0.2, 0.25) is 0 Å². The maximum Gasteiger partial charge on any atom is 0.330 e. The van der Waals surface area contributed by atoms with Crippen molar-refractivity contribution in [3.8, 4) is 0 Å². The number of halogens is 2. The zero-order chi connectivity index (χ0) is 19.7. The number of carbonyl (C=O) groups excluding carboxylic acids is 1. The molecule has 3 heterocycles. The van der Waals surface area contributed by atoms with E-state index in [9.17, 15) is 14.4 Å². The Bertz CT molecular complexity index is 980. The van der Waals surface area contributed by atoms with Crippen LogP contribution >= 0.6 is 24.8 Å². The molecule has 0 unspecified atom stereocenters. The Morgan fingerprint density at radius 3 is 2.41 bits per heavy atom. The summed E-state index contributed by atoms with van der Waals surface area (Å²) in [4.78, 5) is 44.7. The lowest BCUT2D eigenvalue weighted by Gasteiger charge is -2.27. The number of fused-ring (bicyclic) bond motifs is 1. The van der Waals surface area contributed by atoms with Gasteiger partial charge in [-0.25, -0.2) is 9.78 Å². The summed E-state index contributed by atoms with van der Waals surface area (Å²) >= 11 is 0. The van der Waals surface area contributed by atoms with Crippen LogP contribution in [-0.2, 0) is 6.54 Å². The molecular weight excluding hydrogens is 417 g/mol. The average Bonchev–Trinajstić information content (AvgIpc) is 2.55. The minimum absolute atomic E-state index is 0. The van der Waals surface area contributed by atoms with E-state index in [1.165, 1.54) is 4.57 Å². The number of hydrogen-bond acceptors (Lipinski definition) is 5. The van der Waals surface area contributed by atoms with Gasteiger partial charge in [-0.15, -0.1) is 24.8 Å². The molecule has 1 amide bonds. The lowest BCUT2D eigenvalue weighted by molar-refractivity contribution is 0.0943. The minimum Gasteiger partial charge on any atom is -0.352 e. The summed E-state index contributed by atoms with van der Waals surface area (Å²) in [7, 11) is 0. The third-order valence-corrected chi connectivity index (χ3v) is 4.77. The van der Waals surface area contributed by atoms with Crippen molar-refractivity contribution in [3.05, 3.63) is 38.2 Å². The minimum atomic E-state index is -0.576. The van der Waals surface area contributed by atoms with Crippen LogP contribution in [0.15, 0.2) is 15.7 Å². The molecule has 1 aliphatic heterocycles. The van der Waals surface area contributed by atoms with Crippen LogP contribution in [-0.4, -0.2) is 40.1 Å². The molecule has 0 atom stereocenters. The number of hydrogen-bond donors (Lipinski definition) is 3. The molecule has 1 aliphatic rings. The second kappa shape index (κ2) is 10.2. The fraction of sp³-hybridized carbons (Fsp3) is 0.579. The highest BCUT2D eigenvalue weighted by Crippen LogP contribution is 2.20. The Hall–Kier alpha value is -1.90. The van der Waals surface area contributed by atoms with E-state index >= 15 is 0 Å². The number of aromatic nitrogens is 3. The van der Waals surface area contributed by atoms with Crippen LogP contribution in [0.5, 0.6) is 0 Å². The van der Waals surface area contributed by atoms with Gasteiger partial charge in [-0.3, -0.25) is 19.1 Å². The molecule has 0 aromatic carbocycles. The molecular formula is C19H29Cl2N5O3. The number of amides is 1. The van der Waals surface area contributed by atoms with E-state index in [2.05, 4.69) is 20.6 Å². The van der Waals surface area contributed by atoms with Gasteiger partial charge >= 0.3 is 5.69 Å². The van der Waals surface area contributed by atoms with Crippen molar-refractivity contribution < 1.29 is 4.79 Å². The maximum absolute atomic E-state index is 12.8. The van der Waals surface area contributed by atoms with Gasteiger partial charge in [0.25, 0.3) is 11.5 Å². The summed E-state index contributed by atoms with van der Waals surface area (Å²) in [5.41, 5.74) is 0.157. The first kappa shape index (κ1) is 25.1. The first-order valence-corrected chi connectivity index (χ1v) is 9.44. The van der Waals surface area contributed by atoms with Gasteiger partial charge in [0, 0.05) is 37.8 Å². The molecule has 1 fully saturated rings. The largest absolute Gasteiger partial charge is 0.352 e. The molecule has 162 valence electrons. The predicted molar refractivity (Wildman–Crippen MR) is 119 cm³/mol. The van der Waals surface area contributed by atoms with Gasteiger partial charge in [0.05, 0.1) is 10.9 Å². The Morgan fingerprint density at radius 1 is 1.24 bits per heavy atom. The van der Waals surface area contributed by atoms with Crippen LogP contribution in [0.4, 0.5) is 0 Å². The molecule has 3 rings (SSSR count). The van der Waals surface area contributed by atoms with E-state index in [1.807, 2.05) is 27.7 Å². The molecule has 0 bridgehead atoms. The molecule has 3 N–H and O–H groups in total. The van der Waals surface area contributed by atoms with E-state index in [-0.39, 0.29) is 59.2 Å². The fourth-order valence-corrected chi connectivity index (χ4v) is 3.13. The number of aromatic amines is 1. The number of nitrogens with one attached hydrogen (secondary N) is 3. The van der Waals surface area contributed by atoms with Gasteiger partial charge in [-0.05, 0) is 17.9 Å². The van der Waals surface area contributed by atoms with Crippen LogP contribution in [0, 0.1) is 11.8 Å². The zero-order valence-electron chi connectivity index (χ0n) is 17.1. The molecule has 2 aromatic rings. The van der Waals surface area contributed by atoms with Crippen LogP contribution in [0.1, 0.15) is 49.7 Å². The molecule has 0 aliphatic carbocycles. The molecule has 0 spiro atoms. The topological polar surface area (TPSA) is 109 Å². The number of carbonyl (C=O) groups is 1. The molecule has 2 aromatic heterocycles. The smallest absolute Gasteiger partial charge is 0.330 e. The average molecular weight is 446 g/mol. The van der Waals surface area contributed by atoms with Crippen molar-refractivity contribution in [2.24, 2.45) is 11.8 Å². The first-order chi connectivity index (χ1) is 12.8. The monoisotopic (exact) mass is 445 g/mol. The highest BCUT2D eigenvalue weighted by atomic mass is 35.5. The molecule has 8 nitrogen and oxygen atoms in total. The van der Waals surface area contributed by atoms with Gasteiger partial charge in [-0.2, -0.15) is 0 Å². The lowest BCUT2D eigenvalue weighted by atomic mass is 10.0. The summed E-state index contributed by atoms with van der Waals surface area (Å²) in [6.45, 7) is 10.6. The number of H-pyrrole nitrogens is 1. The third-order valence-electron chi connectivity index (χ3n) is 4.77. The van der Waals surface area contributed by atoms with E-state index in [0.717, 1.165) is 13.1 Å². The molecule has 29 heavy (non-hydrogen) atoms. The van der Waals surface area contributed by atoms with Crippen molar-refractivity contribution in [2.75, 3.05) is 19.6 Å². The van der Waals surface area contributed by atoms with Crippen LogP contribution < -0.4 is 21.9 Å². The standard InChI is InChI=1S/C19H27N5O3.2ClH/c1-10(2)9-24-16-15(18(26)23-19(24)27)13(5-14(22-16)11(3)4)17(25)21-8-12-6-20-7-12;;/h5,10-12,20H,6-9H2,1-4H3,(H,21,25)(H,23,26,27);2*1H. The van der Waals surface area contributed by atoms with Crippen molar-refractivity contribution in [1.29, 1.82) is 0 Å². The van der Waals surface area contributed by atoms with E-state index in [0.29, 0.717) is 24.7 Å². The Labute approximate surface area is 181 Å². The van der Waals surface area contributed by atoms with Crippen LogP contribution in [0.3, 0.4) is 0 Å². The summed E-state index contributed by atoms with van der Waals surface area (Å²) in [6.07, 6.45) is 0. The molecule has 0 radical (unpaired) electrons. The summed E-state index contributed by atoms with van der Waals surface area (Å²) in [5.74, 6) is 0.337. The molecule has 10 heteroatoms. The first-order valence-electron chi connectivity index (χ1n) is 9.44. The molecule has 0 saturated carbocycles. The van der Waals surface area contributed by atoms with Gasteiger partial charge in [0.2, 0.25) is 0 Å². The van der Waals surface area contributed by atoms with Crippen molar-refractivity contribution in [1.82, 2.24) is 25.2 Å². The quantitative estimate of drug-likeness (QED) is 0.626. The van der Waals surface area contributed by atoms with E-state index < -0.39 is 11.2 Å². The summed E-state index contributed by atoms with van der Waals surface area (Å²) in [5, 5.41) is 6.25. The predicted octanol–water partition coefficient (Wildman–Crippen LogP) is 1.66. The van der Waals surface area contributed by atoms with Gasteiger partial charge in [0.1, 0.15) is 0 Å². The van der Waals surface area contributed by atoms with Gasteiger partial charge in [-0.1, -0.05) is 27.7 Å². The SMILES string of the molecule is CC(C)Cn1c(=O)[nH]c(=O)c2c(C(=O)NCC3CNC3)cc(C(C)C)nc21.Cl.Cl. The highest BCUT2D eigenvalue weighted by Gasteiger charge is 2.22. The zero-order valence-corrected chi connectivity index (χ0v) is 18.7. The second-order valence-electron chi connectivity index (χ2n) is 7.95. The normalized spacial score (nSPS) is 13.7. The Morgan fingerprint density at radius 2 is 1.90 bits per heavy atom. The Kier molecular flexibility index (Phi) is 8.86. The number of rotatable bonds is 6.